The molecular formula is C27H25N3O5. The molecule has 0 aliphatic carbocycles. The van der Waals surface area contributed by atoms with Crippen molar-refractivity contribution in [3.63, 3.8) is 0 Å². The first-order chi connectivity index (χ1) is 17.0. The molecule has 1 aliphatic rings. The Balaban J connectivity index is 1.60. The second-order valence-corrected chi connectivity index (χ2v) is 8.16. The zero-order valence-electron chi connectivity index (χ0n) is 19.1. The molecule has 0 radical (unpaired) electrons. The molecule has 1 N–H and O–H groups in total. The highest BCUT2D eigenvalue weighted by molar-refractivity contribution is 6.05. The number of nitrogens with zero attached hydrogens (tertiary/aromatic N) is 2. The van der Waals surface area contributed by atoms with Crippen LogP contribution in [-0.2, 0) is 4.79 Å². The number of carbonyl (C=O) groups is 2. The SMILES string of the molecule is O=C(N/C(=C\c1cccc(Oc2ccccc2)c1)C(=O)N1CCCCC1)c1ccc([N+](=O)[O-])cc1. The molecule has 1 saturated heterocycles. The maximum absolute atomic E-state index is 13.3. The minimum absolute atomic E-state index is 0.114. The lowest BCUT2D eigenvalue weighted by atomic mass is 10.1. The van der Waals surface area contributed by atoms with E-state index in [0.717, 1.165) is 19.3 Å². The molecule has 3 aromatic carbocycles. The van der Waals surface area contributed by atoms with Crippen molar-refractivity contribution < 1.29 is 19.2 Å². The van der Waals surface area contributed by atoms with Crippen molar-refractivity contribution in [3.8, 4) is 11.5 Å². The fourth-order valence-electron chi connectivity index (χ4n) is 3.81. The van der Waals surface area contributed by atoms with E-state index in [4.69, 9.17) is 4.74 Å². The predicted molar refractivity (Wildman–Crippen MR) is 132 cm³/mol. The van der Waals surface area contributed by atoms with Crippen LogP contribution in [0.1, 0.15) is 35.2 Å². The van der Waals surface area contributed by atoms with E-state index in [0.29, 0.717) is 30.2 Å². The van der Waals surface area contributed by atoms with Crippen molar-refractivity contribution in [1.82, 2.24) is 10.2 Å². The smallest absolute Gasteiger partial charge is 0.270 e. The van der Waals surface area contributed by atoms with Crippen molar-refractivity contribution in [2.24, 2.45) is 0 Å². The first-order valence-corrected chi connectivity index (χ1v) is 11.4. The number of hydrogen-bond donors (Lipinski definition) is 1. The summed E-state index contributed by atoms with van der Waals surface area (Å²) in [6.07, 6.45) is 4.51. The van der Waals surface area contributed by atoms with Gasteiger partial charge in [-0.05, 0) is 67.3 Å². The largest absolute Gasteiger partial charge is 0.457 e. The molecule has 35 heavy (non-hydrogen) atoms. The summed E-state index contributed by atoms with van der Waals surface area (Å²) in [6.45, 7) is 1.25. The van der Waals surface area contributed by atoms with Crippen LogP contribution >= 0.6 is 0 Å². The summed E-state index contributed by atoms with van der Waals surface area (Å²) in [5, 5.41) is 13.6. The number of ether oxygens (including phenoxy) is 1. The van der Waals surface area contributed by atoms with Gasteiger partial charge in [0.2, 0.25) is 0 Å². The average Bonchev–Trinajstić information content (AvgIpc) is 2.89. The summed E-state index contributed by atoms with van der Waals surface area (Å²) in [6, 6.07) is 21.8. The lowest BCUT2D eigenvalue weighted by Gasteiger charge is -2.27. The van der Waals surface area contributed by atoms with E-state index >= 15 is 0 Å². The minimum Gasteiger partial charge on any atom is -0.457 e. The number of nitro groups is 1. The number of benzene rings is 3. The zero-order valence-corrected chi connectivity index (χ0v) is 19.1. The highest BCUT2D eigenvalue weighted by atomic mass is 16.6. The van der Waals surface area contributed by atoms with Crippen LogP contribution < -0.4 is 10.1 Å². The molecule has 178 valence electrons. The second-order valence-electron chi connectivity index (χ2n) is 8.16. The number of rotatable bonds is 7. The fraction of sp³-hybridized carbons (Fsp3) is 0.185. The van der Waals surface area contributed by atoms with Gasteiger partial charge in [-0.2, -0.15) is 0 Å². The van der Waals surface area contributed by atoms with Gasteiger partial charge in [-0.3, -0.25) is 19.7 Å². The zero-order chi connectivity index (χ0) is 24.6. The van der Waals surface area contributed by atoms with Gasteiger partial charge in [0.05, 0.1) is 4.92 Å². The molecule has 0 unspecified atom stereocenters. The fourth-order valence-corrected chi connectivity index (χ4v) is 3.81. The number of nitrogens with one attached hydrogen (secondary N) is 1. The number of carbonyl (C=O) groups excluding carboxylic acids is 2. The third-order valence-corrected chi connectivity index (χ3v) is 5.61. The van der Waals surface area contributed by atoms with Gasteiger partial charge >= 0.3 is 0 Å². The van der Waals surface area contributed by atoms with E-state index < -0.39 is 10.8 Å². The summed E-state index contributed by atoms with van der Waals surface area (Å²) in [7, 11) is 0. The predicted octanol–water partition coefficient (Wildman–Crippen LogP) is 5.17. The molecule has 0 aromatic heterocycles. The maximum Gasteiger partial charge on any atom is 0.270 e. The third kappa shape index (κ3) is 6.32. The molecule has 0 atom stereocenters. The van der Waals surface area contributed by atoms with Gasteiger partial charge in [-0.1, -0.05) is 30.3 Å². The molecule has 8 nitrogen and oxygen atoms in total. The van der Waals surface area contributed by atoms with E-state index in [1.165, 1.54) is 24.3 Å². The highest BCUT2D eigenvalue weighted by Crippen LogP contribution is 2.23. The summed E-state index contributed by atoms with van der Waals surface area (Å²) in [5.41, 5.74) is 0.918. The lowest BCUT2D eigenvalue weighted by molar-refractivity contribution is -0.384. The van der Waals surface area contributed by atoms with Gasteiger partial charge in [0.1, 0.15) is 17.2 Å². The van der Waals surface area contributed by atoms with Crippen LogP contribution in [0.25, 0.3) is 6.08 Å². The Kier molecular flexibility index (Phi) is 7.52. The summed E-state index contributed by atoms with van der Waals surface area (Å²) >= 11 is 0. The van der Waals surface area contributed by atoms with Gasteiger partial charge in [-0.15, -0.1) is 0 Å². The first-order valence-electron chi connectivity index (χ1n) is 11.4. The van der Waals surface area contributed by atoms with Crippen LogP contribution in [0.2, 0.25) is 0 Å². The second kappa shape index (κ2) is 11.1. The average molecular weight is 472 g/mol. The number of likely N-dealkylation sites (tertiary alicyclic amines) is 1. The molecule has 0 bridgehead atoms. The molecule has 1 fully saturated rings. The Morgan fingerprint density at radius 1 is 0.886 bits per heavy atom. The number of hydrogen-bond acceptors (Lipinski definition) is 5. The summed E-state index contributed by atoms with van der Waals surface area (Å²) < 4.78 is 5.89. The topological polar surface area (TPSA) is 102 Å². The number of non-ortho nitro benzene ring substituents is 1. The summed E-state index contributed by atoms with van der Waals surface area (Å²) in [5.74, 6) is 0.490. The normalized spacial score (nSPS) is 13.7. The Bertz CT molecular complexity index is 1230. The Morgan fingerprint density at radius 3 is 2.26 bits per heavy atom. The maximum atomic E-state index is 13.3. The van der Waals surface area contributed by atoms with E-state index in [2.05, 4.69) is 5.32 Å². The van der Waals surface area contributed by atoms with Crippen molar-refractivity contribution in [2.45, 2.75) is 19.3 Å². The lowest BCUT2D eigenvalue weighted by Crippen LogP contribution is -2.41. The Hall–Kier alpha value is -4.46. The number of amides is 2. The van der Waals surface area contributed by atoms with Gasteiger partial charge in [0.25, 0.3) is 17.5 Å². The molecule has 3 aromatic rings. The standard InChI is InChI=1S/C27H25N3O5/c31-26(21-12-14-22(15-13-21)30(33)34)28-25(27(32)29-16-5-2-6-17-29)19-20-8-7-11-24(18-20)35-23-9-3-1-4-10-23/h1,3-4,7-15,18-19H,2,5-6,16-17H2,(H,28,31)/b25-19-. The number of para-hydroxylation sites is 1. The van der Waals surface area contributed by atoms with Crippen molar-refractivity contribution in [1.29, 1.82) is 0 Å². The van der Waals surface area contributed by atoms with Gasteiger partial charge in [0, 0.05) is 30.8 Å². The van der Waals surface area contributed by atoms with Crippen LogP contribution in [0.3, 0.4) is 0 Å². The number of piperidine rings is 1. The quantitative estimate of drug-likeness (QED) is 0.291. The Labute approximate surface area is 203 Å². The van der Waals surface area contributed by atoms with Crippen LogP contribution in [0.15, 0.2) is 84.6 Å². The third-order valence-electron chi connectivity index (χ3n) is 5.61. The molecular weight excluding hydrogens is 446 g/mol. The van der Waals surface area contributed by atoms with Crippen molar-refractivity contribution >= 4 is 23.6 Å². The monoisotopic (exact) mass is 471 g/mol. The van der Waals surface area contributed by atoms with E-state index in [1.54, 1.807) is 17.0 Å². The van der Waals surface area contributed by atoms with Gasteiger partial charge in [-0.25, -0.2) is 0 Å². The van der Waals surface area contributed by atoms with E-state index in [9.17, 15) is 19.7 Å². The molecule has 0 saturated carbocycles. The highest BCUT2D eigenvalue weighted by Gasteiger charge is 2.22. The van der Waals surface area contributed by atoms with Crippen LogP contribution in [0, 0.1) is 10.1 Å². The Morgan fingerprint density at radius 2 is 1.57 bits per heavy atom. The van der Waals surface area contributed by atoms with Gasteiger partial charge in [0.15, 0.2) is 0 Å². The van der Waals surface area contributed by atoms with E-state index in [-0.39, 0.29) is 22.9 Å². The number of nitro benzene ring substituents is 1. The van der Waals surface area contributed by atoms with Crippen LogP contribution in [0.5, 0.6) is 11.5 Å². The van der Waals surface area contributed by atoms with Crippen molar-refractivity contribution in [3.05, 3.63) is 106 Å². The van der Waals surface area contributed by atoms with Crippen LogP contribution in [0.4, 0.5) is 5.69 Å². The molecule has 1 heterocycles. The van der Waals surface area contributed by atoms with Gasteiger partial charge < -0.3 is 15.0 Å². The molecule has 8 heteroatoms. The van der Waals surface area contributed by atoms with E-state index in [1.807, 2.05) is 48.5 Å². The molecule has 1 aliphatic heterocycles. The molecule has 2 amide bonds. The summed E-state index contributed by atoms with van der Waals surface area (Å²) in [4.78, 5) is 38.3. The van der Waals surface area contributed by atoms with Crippen molar-refractivity contribution in [2.75, 3.05) is 13.1 Å². The minimum atomic E-state index is -0.530. The molecule has 4 rings (SSSR count). The molecule has 0 spiro atoms. The first kappa shape index (κ1) is 23.7. The van der Waals surface area contributed by atoms with Crippen LogP contribution in [-0.4, -0.2) is 34.7 Å².